The number of carbonyl (C=O) groups is 1. The fourth-order valence-electron chi connectivity index (χ4n) is 1.89. The van der Waals surface area contributed by atoms with E-state index in [9.17, 15) is 4.79 Å². The van der Waals surface area contributed by atoms with E-state index in [4.69, 9.17) is 10.6 Å². The van der Waals surface area contributed by atoms with E-state index in [1.807, 2.05) is 36.4 Å². The lowest BCUT2D eigenvalue weighted by Crippen LogP contribution is -2.14. The van der Waals surface area contributed by atoms with Gasteiger partial charge in [0.1, 0.15) is 0 Å². The van der Waals surface area contributed by atoms with Crippen LogP contribution in [0.1, 0.15) is 12.1 Å². The Bertz CT molecular complexity index is 650. The second kappa shape index (κ2) is 5.84. The number of azide groups is 1. The highest BCUT2D eigenvalue weighted by molar-refractivity contribution is 5.78. The van der Waals surface area contributed by atoms with Crippen molar-refractivity contribution < 1.29 is 9.90 Å². The number of hydrogen-bond donors (Lipinski definition) is 1. The predicted molar refractivity (Wildman–Crippen MR) is 70.6 cm³/mol. The molecule has 1 N–H and O–H groups in total. The summed E-state index contributed by atoms with van der Waals surface area (Å²) in [5.74, 6) is -0.988. The number of aliphatic carboxylic acids is 1. The number of carboxylic acids is 1. The maximum atomic E-state index is 10.7. The Morgan fingerprint density at radius 2 is 2.16 bits per heavy atom. The van der Waals surface area contributed by atoms with Gasteiger partial charge in [-0.3, -0.25) is 9.78 Å². The van der Waals surface area contributed by atoms with Crippen LogP contribution in [0.25, 0.3) is 21.3 Å². The lowest BCUT2D eigenvalue weighted by atomic mass is 10.1. The van der Waals surface area contributed by atoms with Crippen LogP contribution in [0.3, 0.4) is 0 Å². The molecule has 0 amide bonds. The molecule has 6 nitrogen and oxygen atoms in total. The molecule has 2 aromatic rings. The molecule has 1 aromatic carbocycles. The quantitative estimate of drug-likeness (QED) is 0.505. The van der Waals surface area contributed by atoms with Gasteiger partial charge in [0.05, 0.1) is 18.0 Å². The molecule has 0 aliphatic carbocycles. The largest absolute Gasteiger partial charge is 0.481 e. The minimum atomic E-state index is -0.988. The van der Waals surface area contributed by atoms with Crippen LogP contribution in [0.15, 0.2) is 41.5 Å². The third-order valence-electron chi connectivity index (χ3n) is 2.73. The van der Waals surface area contributed by atoms with Gasteiger partial charge in [0.25, 0.3) is 0 Å². The van der Waals surface area contributed by atoms with Crippen molar-refractivity contribution in [3.8, 4) is 0 Å². The number of carboxylic acid groups (broad SMARTS) is 1. The van der Waals surface area contributed by atoms with E-state index in [1.54, 1.807) is 0 Å². The molecule has 96 valence electrons. The van der Waals surface area contributed by atoms with Gasteiger partial charge in [-0.1, -0.05) is 29.4 Å². The molecule has 0 radical (unpaired) electrons. The summed E-state index contributed by atoms with van der Waals surface area (Å²) >= 11 is 0. The molecule has 1 heterocycles. The molecule has 6 heteroatoms. The molecule has 0 spiro atoms. The smallest absolute Gasteiger partial charge is 0.303 e. The van der Waals surface area contributed by atoms with Crippen LogP contribution in [0.2, 0.25) is 0 Å². The zero-order valence-electron chi connectivity index (χ0n) is 10.1. The number of rotatable bonds is 5. The van der Waals surface area contributed by atoms with Gasteiger partial charge in [0.15, 0.2) is 0 Å². The summed E-state index contributed by atoms with van der Waals surface area (Å²) in [5.41, 5.74) is 10.0. The molecule has 0 saturated carbocycles. The Balaban J connectivity index is 2.23. The molecule has 2 rings (SSSR count). The maximum absolute atomic E-state index is 10.7. The van der Waals surface area contributed by atoms with E-state index in [0.29, 0.717) is 6.42 Å². The van der Waals surface area contributed by atoms with Gasteiger partial charge < -0.3 is 5.11 Å². The zero-order chi connectivity index (χ0) is 13.7. The van der Waals surface area contributed by atoms with E-state index in [2.05, 4.69) is 15.0 Å². The number of nitrogens with zero attached hydrogens (tertiary/aromatic N) is 4. The molecular weight excluding hydrogens is 244 g/mol. The number of benzene rings is 1. The van der Waals surface area contributed by atoms with Crippen molar-refractivity contribution in [2.75, 3.05) is 0 Å². The first-order valence-corrected chi connectivity index (χ1v) is 5.79. The van der Waals surface area contributed by atoms with E-state index in [1.165, 1.54) is 0 Å². The van der Waals surface area contributed by atoms with Gasteiger partial charge >= 0.3 is 5.97 Å². The minimum Gasteiger partial charge on any atom is -0.481 e. The monoisotopic (exact) mass is 256 g/mol. The average molecular weight is 256 g/mol. The molecule has 1 aromatic heterocycles. The van der Waals surface area contributed by atoms with E-state index in [0.717, 1.165) is 16.6 Å². The van der Waals surface area contributed by atoms with Crippen molar-refractivity contribution in [1.82, 2.24) is 4.98 Å². The number of hydrogen-bond acceptors (Lipinski definition) is 3. The summed E-state index contributed by atoms with van der Waals surface area (Å²) in [6.45, 7) is 0. The van der Waals surface area contributed by atoms with Gasteiger partial charge in [-0.05, 0) is 24.1 Å². The van der Waals surface area contributed by atoms with E-state index >= 15 is 0 Å². The topological polar surface area (TPSA) is 99.0 Å². The fourth-order valence-corrected chi connectivity index (χ4v) is 1.89. The summed E-state index contributed by atoms with van der Waals surface area (Å²) in [6, 6.07) is 10.8. The fraction of sp³-hybridized carbons (Fsp3) is 0.231. The highest BCUT2D eigenvalue weighted by Gasteiger charge is 2.13. The molecule has 0 saturated heterocycles. The first-order chi connectivity index (χ1) is 9.19. The average Bonchev–Trinajstić information content (AvgIpc) is 2.38. The normalized spacial score (nSPS) is 11.8. The van der Waals surface area contributed by atoms with Gasteiger partial charge in [0, 0.05) is 16.0 Å². The Kier molecular flexibility index (Phi) is 3.95. The molecule has 0 aliphatic rings. The van der Waals surface area contributed by atoms with Crippen LogP contribution in [0.4, 0.5) is 0 Å². The molecule has 1 unspecified atom stereocenters. The van der Waals surface area contributed by atoms with Crippen molar-refractivity contribution >= 4 is 16.9 Å². The first-order valence-electron chi connectivity index (χ1n) is 5.79. The standard InChI is InChI=1S/C13H12N4O2/c14-17-16-11(8-13(18)19)7-10-6-5-9-3-1-2-4-12(9)15-10/h1-6,11H,7-8H2,(H,18,19). The van der Waals surface area contributed by atoms with Gasteiger partial charge in [-0.2, -0.15) is 0 Å². The number of pyridine rings is 1. The maximum Gasteiger partial charge on any atom is 0.303 e. The Morgan fingerprint density at radius 3 is 2.89 bits per heavy atom. The van der Waals surface area contributed by atoms with Crippen molar-refractivity contribution in [2.45, 2.75) is 18.9 Å². The summed E-state index contributed by atoms with van der Waals surface area (Å²) in [6.07, 6.45) is 0.125. The SMILES string of the molecule is [N-]=[N+]=NC(CC(=O)O)Cc1ccc2ccccc2n1. The Hall–Kier alpha value is -2.59. The number of aromatic nitrogens is 1. The number of para-hydroxylation sites is 1. The molecule has 19 heavy (non-hydrogen) atoms. The molecule has 0 bridgehead atoms. The van der Waals surface area contributed by atoms with E-state index < -0.39 is 12.0 Å². The third-order valence-corrected chi connectivity index (χ3v) is 2.73. The summed E-state index contributed by atoms with van der Waals surface area (Å²) < 4.78 is 0. The second-order valence-corrected chi connectivity index (χ2v) is 4.16. The van der Waals surface area contributed by atoms with Crippen LogP contribution in [0.5, 0.6) is 0 Å². The molecule has 1 atom stereocenters. The van der Waals surface area contributed by atoms with Crippen molar-refractivity contribution in [1.29, 1.82) is 0 Å². The third kappa shape index (κ3) is 3.43. The van der Waals surface area contributed by atoms with Crippen LogP contribution >= 0.6 is 0 Å². The lowest BCUT2D eigenvalue weighted by molar-refractivity contribution is -0.137. The van der Waals surface area contributed by atoms with Gasteiger partial charge in [-0.15, -0.1) is 0 Å². The zero-order valence-corrected chi connectivity index (χ0v) is 10.1. The van der Waals surface area contributed by atoms with Crippen molar-refractivity contribution in [3.63, 3.8) is 0 Å². The molecule has 0 aliphatic heterocycles. The summed E-state index contributed by atoms with van der Waals surface area (Å²) in [4.78, 5) is 17.8. The lowest BCUT2D eigenvalue weighted by Gasteiger charge is -2.08. The second-order valence-electron chi connectivity index (χ2n) is 4.16. The summed E-state index contributed by atoms with van der Waals surface area (Å²) in [5, 5.41) is 13.3. The van der Waals surface area contributed by atoms with E-state index in [-0.39, 0.29) is 6.42 Å². The highest BCUT2D eigenvalue weighted by Crippen LogP contribution is 2.14. The van der Waals surface area contributed by atoms with Crippen LogP contribution in [-0.2, 0) is 11.2 Å². The van der Waals surface area contributed by atoms with Crippen LogP contribution < -0.4 is 0 Å². The minimum absolute atomic E-state index is 0.196. The van der Waals surface area contributed by atoms with Gasteiger partial charge in [0.2, 0.25) is 0 Å². The predicted octanol–water partition coefficient (Wildman–Crippen LogP) is 2.93. The Morgan fingerprint density at radius 1 is 1.37 bits per heavy atom. The van der Waals surface area contributed by atoms with Gasteiger partial charge in [-0.25, -0.2) is 0 Å². The number of fused-ring (bicyclic) bond motifs is 1. The first kappa shape index (κ1) is 12.9. The van der Waals surface area contributed by atoms with Crippen molar-refractivity contribution in [3.05, 3.63) is 52.5 Å². The van der Waals surface area contributed by atoms with Crippen LogP contribution in [-0.4, -0.2) is 22.1 Å². The van der Waals surface area contributed by atoms with Crippen molar-refractivity contribution in [2.24, 2.45) is 5.11 Å². The highest BCUT2D eigenvalue weighted by atomic mass is 16.4. The Labute approximate surface area is 109 Å². The molecule has 0 fully saturated rings. The molecular formula is C13H12N4O2. The van der Waals surface area contributed by atoms with Crippen LogP contribution in [0, 0.1) is 0 Å². The summed E-state index contributed by atoms with van der Waals surface area (Å²) in [7, 11) is 0.